The van der Waals surface area contributed by atoms with Gasteiger partial charge >= 0.3 is 0 Å². The summed E-state index contributed by atoms with van der Waals surface area (Å²) in [7, 11) is 2.19. The Balaban J connectivity index is 2.22. The SMILES string of the molecule is Cc1nc(Br)cc(N2CC(C)N(C)C(C)C2)n1. The molecule has 2 heterocycles. The molecule has 1 aromatic heterocycles. The maximum atomic E-state index is 4.52. The number of rotatable bonds is 1. The second-order valence-corrected chi connectivity index (χ2v) is 5.68. The number of hydrogen-bond donors (Lipinski definition) is 0. The third kappa shape index (κ3) is 2.77. The molecule has 0 spiro atoms. The van der Waals surface area contributed by atoms with Crippen LogP contribution < -0.4 is 4.90 Å². The van der Waals surface area contributed by atoms with E-state index in [0.29, 0.717) is 12.1 Å². The first-order valence-electron chi connectivity index (χ1n) is 5.95. The summed E-state index contributed by atoms with van der Waals surface area (Å²) >= 11 is 3.43. The van der Waals surface area contributed by atoms with Crippen LogP contribution in [0.1, 0.15) is 19.7 Å². The standard InChI is InChI=1S/C12H19BrN4/c1-8-6-17(7-9(2)16(8)4)12-5-11(13)14-10(3)15-12/h5,8-9H,6-7H2,1-4H3. The van der Waals surface area contributed by atoms with E-state index in [4.69, 9.17) is 0 Å². The Kier molecular flexibility index (Phi) is 3.68. The van der Waals surface area contributed by atoms with Gasteiger partial charge in [0, 0.05) is 31.2 Å². The minimum absolute atomic E-state index is 0.549. The lowest BCUT2D eigenvalue weighted by molar-refractivity contribution is 0.169. The third-order valence-electron chi connectivity index (χ3n) is 3.48. The Morgan fingerprint density at radius 1 is 1.24 bits per heavy atom. The molecule has 0 radical (unpaired) electrons. The number of halogens is 1. The number of anilines is 1. The Bertz CT molecular complexity index is 377. The normalized spacial score (nSPS) is 26.3. The van der Waals surface area contributed by atoms with Gasteiger partial charge < -0.3 is 4.90 Å². The average Bonchev–Trinajstić information content (AvgIpc) is 2.23. The van der Waals surface area contributed by atoms with Crippen molar-refractivity contribution in [1.82, 2.24) is 14.9 Å². The second-order valence-electron chi connectivity index (χ2n) is 4.86. The van der Waals surface area contributed by atoms with Gasteiger partial charge in [-0.25, -0.2) is 9.97 Å². The molecule has 0 N–H and O–H groups in total. The van der Waals surface area contributed by atoms with Crippen LogP contribution in [0.5, 0.6) is 0 Å². The quantitative estimate of drug-likeness (QED) is 0.743. The van der Waals surface area contributed by atoms with Crippen molar-refractivity contribution in [2.45, 2.75) is 32.9 Å². The molecule has 0 aliphatic carbocycles. The summed E-state index contributed by atoms with van der Waals surface area (Å²) in [5.74, 6) is 1.84. The smallest absolute Gasteiger partial charge is 0.133 e. The van der Waals surface area contributed by atoms with Crippen molar-refractivity contribution in [3.05, 3.63) is 16.5 Å². The third-order valence-corrected chi connectivity index (χ3v) is 3.88. The Morgan fingerprint density at radius 2 is 1.82 bits per heavy atom. The first kappa shape index (κ1) is 12.8. The topological polar surface area (TPSA) is 32.3 Å². The first-order valence-corrected chi connectivity index (χ1v) is 6.74. The summed E-state index contributed by atoms with van der Waals surface area (Å²) in [4.78, 5) is 13.5. The fourth-order valence-corrected chi connectivity index (χ4v) is 2.73. The van der Waals surface area contributed by atoms with Crippen LogP contribution in [0, 0.1) is 6.92 Å². The molecule has 2 unspecified atom stereocenters. The monoisotopic (exact) mass is 298 g/mol. The van der Waals surface area contributed by atoms with Crippen LogP contribution in [0.2, 0.25) is 0 Å². The maximum Gasteiger partial charge on any atom is 0.133 e. The molecule has 5 heteroatoms. The molecule has 1 aliphatic rings. The van der Waals surface area contributed by atoms with E-state index in [2.05, 4.69) is 56.6 Å². The lowest BCUT2D eigenvalue weighted by atomic mass is 10.1. The molecule has 94 valence electrons. The van der Waals surface area contributed by atoms with Crippen molar-refractivity contribution in [3.63, 3.8) is 0 Å². The van der Waals surface area contributed by atoms with Crippen LogP contribution in [0.4, 0.5) is 5.82 Å². The largest absolute Gasteiger partial charge is 0.353 e. The van der Waals surface area contributed by atoms with E-state index in [-0.39, 0.29) is 0 Å². The fourth-order valence-electron chi connectivity index (χ4n) is 2.27. The van der Waals surface area contributed by atoms with Gasteiger partial charge in [-0.3, -0.25) is 4.90 Å². The molecule has 17 heavy (non-hydrogen) atoms. The fraction of sp³-hybridized carbons (Fsp3) is 0.667. The second kappa shape index (κ2) is 4.90. The van der Waals surface area contributed by atoms with Gasteiger partial charge in [0.2, 0.25) is 0 Å². The van der Waals surface area contributed by atoms with E-state index in [0.717, 1.165) is 29.3 Å². The average molecular weight is 299 g/mol. The molecular formula is C12H19BrN4. The molecule has 2 rings (SSSR count). The molecule has 4 nitrogen and oxygen atoms in total. The summed E-state index contributed by atoms with van der Waals surface area (Å²) in [6.07, 6.45) is 0. The zero-order chi connectivity index (χ0) is 12.6. The highest BCUT2D eigenvalue weighted by Crippen LogP contribution is 2.21. The minimum Gasteiger partial charge on any atom is -0.353 e. The van der Waals surface area contributed by atoms with Crippen LogP contribution in [0.15, 0.2) is 10.7 Å². The van der Waals surface area contributed by atoms with Gasteiger partial charge in [0.15, 0.2) is 0 Å². The number of aryl methyl sites for hydroxylation is 1. The number of piperazine rings is 1. The molecular weight excluding hydrogens is 280 g/mol. The van der Waals surface area contributed by atoms with E-state index in [9.17, 15) is 0 Å². The zero-order valence-electron chi connectivity index (χ0n) is 10.8. The summed E-state index contributed by atoms with van der Waals surface area (Å²) in [6, 6.07) is 3.10. The van der Waals surface area contributed by atoms with Gasteiger partial charge in [-0.1, -0.05) is 0 Å². The number of likely N-dealkylation sites (N-methyl/N-ethyl adjacent to an activating group) is 1. The Morgan fingerprint density at radius 3 is 2.35 bits per heavy atom. The molecule has 2 atom stereocenters. The molecule has 1 fully saturated rings. The van der Waals surface area contributed by atoms with Gasteiger partial charge in [0.25, 0.3) is 0 Å². The molecule has 0 saturated carbocycles. The Labute approximate surface area is 111 Å². The van der Waals surface area contributed by atoms with Gasteiger partial charge in [0.05, 0.1) is 0 Å². The Hall–Kier alpha value is -0.680. The molecule has 0 aromatic carbocycles. The lowest BCUT2D eigenvalue weighted by Gasteiger charge is -2.43. The van der Waals surface area contributed by atoms with Crippen LogP contribution in [0.25, 0.3) is 0 Å². The first-order chi connectivity index (χ1) is 7.97. The van der Waals surface area contributed by atoms with E-state index in [1.165, 1.54) is 0 Å². The van der Waals surface area contributed by atoms with Crippen molar-refractivity contribution in [2.75, 3.05) is 25.0 Å². The molecule has 0 amide bonds. The van der Waals surface area contributed by atoms with Crippen molar-refractivity contribution < 1.29 is 0 Å². The van der Waals surface area contributed by atoms with Crippen molar-refractivity contribution in [3.8, 4) is 0 Å². The van der Waals surface area contributed by atoms with E-state index < -0.39 is 0 Å². The van der Waals surface area contributed by atoms with E-state index in [1.54, 1.807) is 0 Å². The van der Waals surface area contributed by atoms with E-state index in [1.807, 2.05) is 13.0 Å². The highest BCUT2D eigenvalue weighted by atomic mass is 79.9. The molecule has 1 saturated heterocycles. The minimum atomic E-state index is 0.549. The van der Waals surface area contributed by atoms with Crippen molar-refractivity contribution >= 4 is 21.7 Å². The van der Waals surface area contributed by atoms with Crippen LogP contribution in [-0.4, -0.2) is 47.1 Å². The summed E-state index contributed by atoms with van der Waals surface area (Å²) in [5, 5.41) is 0. The highest BCUT2D eigenvalue weighted by molar-refractivity contribution is 9.10. The van der Waals surface area contributed by atoms with Crippen molar-refractivity contribution in [1.29, 1.82) is 0 Å². The van der Waals surface area contributed by atoms with Crippen LogP contribution in [0.3, 0.4) is 0 Å². The van der Waals surface area contributed by atoms with Crippen LogP contribution in [-0.2, 0) is 0 Å². The zero-order valence-corrected chi connectivity index (χ0v) is 12.4. The maximum absolute atomic E-state index is 4.52. The molecule has 1 aliphatic heterocycles. The molecule has 1 aromatic rings. The van der Waals surface area contributed by atoms with Crippen molar-refractivity contribution in [2.24, 2.45) is 0 Å². The van der Waals surface area contributed by atoms with Gasteiger partial charge in [-0.15, -0.1) is 0 Å². The lowest BCUT2D eigenvalue weighted by Crippen LogP contribution is -2.55. The van der Waals surface area contributed by atoms with Crippen LogP contribution >= 0.6 is 15.9 Å². The summed E-state index contributed by atoms with van der Waals surface area (Å²) < 4.78 is 0.860. The number of nitrogens with zero attached hydrogens (tertiary/aromatic N) is 4. The van der Waals surface area contributed by atoms with Gasteiger partial charge in [-0.05, 0) is 43.7 Å². The highest BCUT2D eigenvalue weighted by Gasteiger charge is 2.27. The number of aromatic nitrogens is 2. The van der Waals surface area contributed by atoms with Gasteiger partial charge in [0.1, 0.15) is 16.2 Å². The predicted octanol–water partition coefficient (Wildman–Crippen LogP) is 2.08. The number of hydrogen-bond acceptors (Lipinski definition) is 4. The molecule has 0 bridgehead atoms. The van der Waals surface area contributed by atoms with E-state index >= 15 is 0 Å². The summed E-state index contributed by atoms with van der Waals surface area (Å²) in [6.45, 7) is 8.47. The summed E-state index contributed by atoms with van der Waals surface area (Å²) in [5.41, 5.74) is 0. The predicted molar refractivity (Wildman–Crippen MR) is 73.4 cm³/mol. The van der Waals surface area contributed by atoms with Gasteiger partial charge in [-0.2, -0.15) is 0 Å².